The summed E-state index contributed by atoms with van der Waals surface area (Å²) in [4.78, 5) is 30.0. The van der Waals surface area contributed by atoms with Gasteiger partial charge in [0.25, 0.3) is 11.8 Å². The predicted octanol–water partition coefficient (Wildman–Crippen LogP) is 5.70. The first-order valence-electron chi connectivity index (χ1n) is 11.1. The minimum Gasteiger partial charge on any atom is -0.366 e. The highest BCUT2D eigenvalue weighted by Crippen LogP contribution is 2.44. The highest BCUT2D eigenvalue weighted by Gasteiger charge is 2.37. The molecule has 2 amide bonds. The van der Waals surface area contributed by atoms with Crippen molar-refractivity contribution >= 4 is 62.5 Å². The van der Waals surface area contributed by atoms with Crippen LogP contribution in [0.1, 0.15) is 56.7 Å². The summed E-state index contributed by atoms with van der Waals surface area (Å²) in [5, 5.41) is 2.75. The second-order valence-corrected chi connectivity index (χ2v) is 10.7. The number of carbonyl (C=O) groups is 2. The van der Waals surface area contributed by atoms with E-state index in [-0.39, 0.29) is 16.2 Å². The highest BCUT2D eigenvalue weighted by molar-refractivity contribution is 9.10. The summed E-state index contributed by atoms with van der Waals surface area (Å²) < 4.78 is 0.820. The first-order chi connectivity index (χ1) is 15.5. The molecule has 172 valence electrons. The fraction of sp³-hybridized carbons (Fsp3) is 0.346. The Balaban J connectivity index is 1.78. The van der Waals surface area contributed by atoms with Crippen molar-refractivity contribution in [3.05, 3.63) is 63.1 Å². The van der Waals surface area contributed by atoms with Gasteiger partial charge in [-0.05, 0) is 105 Å². The fourth-order valence-corrected chi connectivity index (χ4v) is 5.74. The molecule has 0 radical (unpaired) electrons. The van der Waals surface area contributed by atoms with Crippen LogP contribution in [0, 0.1) is 6.92 Å². The lowest BCUT2D eigenvalue weighted by molar-refractivity contribution is -0.122. The van der Waals surface area contributed by atoms with Crippen LogP contribution in [-0.2, 0) is 9.59 Å². The fourth-order valence-electron chi connectivity index (χ4n) is 5.07. The Bertz CT molecular complexity index is 1200. The lowest BCUT2D eigenvalue weighted by atomic mass is 9.79. The molecule has 0 spiro atoms. The Hall–Kier alpha value is -2.51. The minimum atomic E-state index is -0.474. The average Bonchev–Trinajstić information content (AvgIpc) is 2.71. The van der Waals surface area contributed by atoms with Crippen molar-refractivity contribution in [1.82, 2.24) is 5.32 Å². The number of anilines is 2. The molecule has 5 nitrogen and oxygen atoms in total. The number of halogens is 1. The number of nitrogens with one attached hydrogen (secondary N) is 1. The van der Waals surface area contributed by atoms with Crippen molar-refractivity contribution in [2.75, 3.05) is 16.3 Å². The van der Waals surface area contributed by atoms with Gasteiger partial charge >= 0.3 is 0 Å². The van der Waals surface area contributed by atoms with E-state index in [0.29, 0.717) is 11.6 Å². The zero-order valence-electron chi connectivity index (χ0n) is 19.5. The molecule has 0 aromatic heterocycles. The van der Waals surface area contributed by atoms with Gasteiger partial charge in [-0.3, -0.25) is 19.8 Å². The molecule has 2 aliphatic heterocycles. The Kier molecular flexibility index (Phi) is 6.22. The van der Waals surface area contributed by atoms with Gasteiger partial charge in [0, 0.05) is 22.2 Å². The van der Waals surface area contributed by atoms with Gasteiger partial charge in [-0.2, -0.15) is 0 Å². The maximum Gasteiger partial charge on any atom is 0.270 e. The van der Waals surface area contributed by atoms with Gasteiger partial charge in [0.1, 0.15) is 5.57 Å². The zero-order chi connectivity index (χ0) is 24.1. The third kappa shape index (κ3) is 4.24. The molecule has 2 aromatic rings. The molecule has 33 heavy (non-hydrogen) atoms. The van der Waals surface area contributed by atoms with E-state index in [1.54, 1.807) is 18.2 Å². The van der Waals surface area contributed by atoms with Crippen LogP contribution in [0.2, 0.25) is 0 Å². The molecular formula is C26H28BrN3O2S. The molecule has 2 aliphatic rings. The van der Waals surface area contributed by atoms with Gasteiger partial charge in [-0.15, -0.1) is 0 Å². The summed E-state index contributed by atoms with van der Waals surface area (Å²) in [6, 6.07) is 11.6. The Morgan fingerprint density at radius 3 is 2.64 bits per heavy atom. The summed E-state index contributed by atoms with van der Waals surface area (Å²) in [5.74, 6) is -0.529. The van der Waals surface area contributed by atoms with Gasteiger partial charge in [0.15, 0.2) is 5.11 Å². The van der Waals surface area contributed by atoms with Crippen LogP contribution in [-0.4, -0.2) is 29.0 Å². The highest BCUT2D eigenvalue weighted by atomic mass is 79.9. The number of aryl methyl sites for hydroxylation is 1. The average molecular weight is 527 g/mol. The van der Waals surface area contributed by atoms with Gasteiger partial charge in [-0.1, -0.05) is 28.9 Å². The maximum atomic E-state index is 13.4. The standard InChI is InChI=1S/C26H28BrN3O2S/c1-6-29-22-10-15(2)17(11-20(22)16(3)14-26(29,4)5)12-21-23(31)28-25(33)30(24(21)32)19-9-7-8-18(27)13-19/h7-13,16H,6,14H2,1-5H3,(H,28,31,33)/b21-12+/t16-/m1/s1. The van der Waals surface area contributed by atoms with Crippen molar-refractivity contribution in [2.24, 2.45) is 0 Å². The second kappa shape index (κ2) is 8.69. The number of hydrogen-bond donors (Lipinski definition) is 1. The first kappa shape index (κ1) is 23.6. The molecule has 0 saturated carbocycles. The number of carbonyl (C=O) groups excluding carboxylic acids is 2. The topological polar surface area (TPSA) is 52.7 Å². The minimum absolute atomic E-state index is 0.0720. The smallest absolute Gasteiger partial charge is 0.270 e. The Morgan fingerprint density at radius 2 is 1.97 bits per heavy atom. The van der Waals surface area contributed by atoms with E-state index >= 15 is 0 Å². The normalized spacial score (nSPS) is 21.3. The summed E-state index contributed by atoms with van der Waals surface area (Å²) in [6.45, 7) is 11.9. The molecule has 1 fully saturated rings. The first-order valence-corrected chi connectivity index (χ1v) is 12.3. The van der Waals surface area contributed by atoms with E-state index in [2.05, 4.69) is 66.0 Å². The van der Waals surface area contributed by atoms with E-state index in [4.69, 9.17) is 12.2 Å². The van der Waals surface area contributed by atoms with Crippen LogP contribution < -0.4 is 15.1 Å². The van der Waals surface area contributed by atoms with Crippen LogP contribution >= 0.6 is 28.1 Å². The summed E-state index contributed by atoms with van der Waals surface area (Å²) >= 11 is 8.75. The van der Waals surface area contributed by atoms with Crippen LogP contribution in [0.3, 0.4) is 0 Å². The largest absolute Gasteiger partial charge is 0.366 e. The molecule has 4 rings (SSSR count). The lowest BCUT2D eigenvalue weighted by Crippen LogP contribution is -2.54. The molecule has 1 N–H and O–H groups in total. The van der Waals surface area contributed by atoms with E-state index < -0.39 is 11.8 Å². The number of nitrogens with zero attached hydrogens (tertiary/aromatic N) is 2. The molecule has 0 bridgehead atoms. The molecule has 0 unspecified atom stereocenters. The molecule has 1 saturated heterocycles. The van der Waals surface area contributed by atoms with Gasteiger partial charge < -0.3 is 4.90 Å². The molecule has 2 aromatic carbocycles. The van der Waals surface area contributed by atoms with Crippen molar-refractivity contribution in [3.8, 4) is 0 Å². The van der Waals surface area contributed by atoms with Crippen LogP contribution in [0.25, 0.3) is 6.08 Å². The zero-order valence-corrected chi connectivity index (χ0v) is 21.9. The number of thiocarbonyl (C=S) groups is 1. The third-order valence-electron chi connectivity index (χ3n) is 6.56. The van der Waals surface area contributed by atoms with Crippen molar-refractivity contribution in [2.45, 2.75) is 52.5 Å². The van der Waals surface area contributed by atoms with Crippen LogP contribution in [0.5, 0.6) is 0 Å². The van der Waals surface area contributed by atoms with E-state index in [0.717, 1.165) is 28.6 Å². The SMILES string of the molecule is CCN1c2cc(C)c(/C=C3\C(=O)NC(=S)N(c4cccc(Br)c4)C3=O)cc2[C@H](C)CC1(C)C. The molecule has 7 heteroatoms. The van der Waals surface area contributed by atoms with Gasteiger partial charge in [-0.25, -0.2) is 0 Å². The van der Waals surface area contributed by atoms with E-state index in [1.807, 2.05) is 19.1 Å². The van der Waals surface area contributed by atoms with Crippen molar-refractivity contribution in [1.29, 1.82) is 0 Å². The monoisotopic (exact) mass is 525 g/mol. The number of amides is 2. The number of benzene rings is 2. The Labute approximate surface area is 209 Å². The maximum absolute atomic E-state index is 13.4. The quantitative estimate of drug-likeness (QED) is 0.317. The number of fused-ring (bicyclic) bond motifs is 1. The predicted molar refractivity (Wildman–Crippen MR) is 142 cm³/mol. The lowest BCUT2D eigenvalue weighted by Gasteiger charge is -2.47. The van der Waals surface area contributed by atoms with Crippen molar-refractivity contribution in [3.63, 3.8) is 0 Å². The summed E-state index contributed by atoms with van der Waals surface area (Å²) in [6.07, 6.45) is 2.74. The second-order valence-electron chi connectivity index (χ2n) is 9.37. The molecule has 0 aliphatic carbocycles. The van der Waals surface area contributed by atoms with Crippen LogP contribution in [0.15, 0.2) is 46.4 Å². The molecular weight excluding hydrogens is 498 g/mol. The summed E-state index contributed by atoms with van der Waals surface area (Å²) in [5.41, 5.74) is 5.12. The Morgan fingerprint density at radius 1 is 1.24 bits per heavy atom. The van der Waals surface area contributed by atoms with E-state index in [9.17, 15) is 9.59 Å². The summed E-state index contributed by atoms with van der Waals surface area (Å²) in [7, 11) is 0. The third-order valence-corrected chi connectivity index (χ3v) is 7.34. The molecule has 2 heterocycles. The van der Waals surface area contributed by atoms with Gasteiger partial charge in [0.2, 0.25) is 0 Å². The van der Waals surface area contributed by atoms with Crippen molar-refractivity contribution < 1.29 is 9.59 Å². The van der Waals surface area contributed by atoms with E-state index in [1.165, 1.54) is 16.2 Å². The van der Waals surface area contributed by atoms with Crippen LogP contribution in [0.4, 0.5) is 11.4 Å². The molecule has 1 atom stereocenters. The van der Waals surface area contributed by atoms with Gasteiger partial charge in [0.05, 0.1) is 5.69 Å². The number of hydrogen-bond acceptors (Lipinski definition) is 4. The number of rotatable bonds is 3.